The minimum absolute atomic E-state index is 0.0834. The fourth-order valence-corrected chi connectivity index (χ4v) is 2.93. The van der Waals surface area contributed by atoms with Gasteiger partial charge in [-0.2, -0.15) is 0 Å². The molecule has 1 saturated heterocycles. The fraction of sp³-hybridized carbons (Fsp3) is 0.600. The van der Waals surface area contributed by atoms with Crippen molar-refractivity contribution in [2.24, 2.45) is 5.92 Å². The molecule has 0 saturated carbocycles. The van der Waals surface area contributed by atoms with Crippen LogP contribution in [0, 0.1) is 11.7 Å². The van der Waals surface area contributed by atoms with Crippen molar-refractivity contribution in [3.63, 3.8) is 0 Å². The van der Waals surface area contributed by atoms with Gasteiger partial charge in [0.05, 0.1) is 5.69 Å². The van der Waals surface area contributed by atoms with E-state index in [0.29, 0.717) is 0 Å². The Kier molecular flexibility index (Phi) is 4.59. The minimum atomic E-state index is -0.0834. The van der Waals surface area contributed by atoms with E-state index in [0.717, 1.165) is 36.8 Å². The van der Waals surface area contributed by atoms with E-state index >= 15 is 0 Å². The summed E-state index contributed by atoms with van der Waals surface area (Å²) in [7, 11) is 1.90. The highest BCUT2D eigenvalue weighted by molar-refractivity contribution is 5.55. The second-order valence-electron chi connectivity index (χ2n) is 5.17. The van der Waals surface area contributed by atoms with Crippen LogP contribution in [0.4, 0.5) is 10.1 Å². The molecule has 100 valence electrons. The van der Waals surface area contributed by atoms with Gasteiger partial charge in [0.2, 0.25) is 0 Å². The summed E-state index contributed by atoms with van der Waals surface area (Å²) in [6, 6.07) is 5.38. The van der Waals surface area contributed by atoms with Gasteiger partial charge in [-0.1, -0.05) is 25.5 Å². The van der Waals surface area contributed by atoms with Crippen molar-refractivity contribution in [3.05, 3.63) is 29.6 Å². The van der Waals surface area contributed by atoms with Crippen LogP contribution < -0.4 is 10.2 Å². The van der Waals surface area contributed by atoms with Crippen molar-refractivity contribution in [1.82, 2.24) is 5.32 Å². The van der Waals surface area contributed by atoms with Crippen LogP contribution >= 0.6 is 0 Å². The zero-order chi connectivity index (χ0) is 13.0. The lowest BCUT2D eigenvalue weighted by molar-refractivity contribution is 0.528. The lowest BCUT2D eigenvalue weighted by Crippen LogP contribution is -2.23. The number of hydrogen-bond acceptors (Lipinski definition) is 2. The molecule has 0 amide bonds. The van der Waals surface area contributed by atoms with Crippen LogP contribution in [0.3, 0.4) is 0 Å². The maximum atomic E-state index is 14.1. The van der Waals surface area contributed by atoms with Crippen molar-refractivity contribution in [3.8, 4) is 0 Å². The average Bonchev–Trinajstić information content (AvgIpc) is 2.78. The molecule has 1 heterocycles. The van der Waals surface area contributed by atoms with Crippen LogP contribution in [0.1, 0.15) is 31.7 Å². The van der Waals surface area contributed by atoms with Gasteiger partial charge in [-0.3, -0.25) is 0 Å². The van der Waals surface area contributed by atoms with Gasteiger partial charge in [0, 0.05) is 19.6 Å². The number of rotatable bonds is 5. The normalized spacial score (nSPS) is 19.5. The summed E-state index contributed by atoms with van der Waals surface area (Å²) in [6.07, 6.45) is 3.67. The standard InChI is InChI=1S/C15H23FN2/c1-3-5-12-8-9-18(11-12)15-13(10-17-2)6-4-7-14(15)16/h4,6-7,12,17H,3,5,8-11H2,1-2H3. The molecule has 1 fully saturated rings. The van der Waals surface area contributed by atoms with Crippen molar-refractivity contribution in [1.29, 1.82) is 0 Å². The van der Waals surface area contributed by atoms with Gasteiger partial charge in [0.25, 0.3) is 0 Å². The highest BCUT2D eigenvalue weighted by atomic mass is 19.1. The zero-order valence-electron chi connectivity index (χ0n) is 11.4. The quantitative estimate of drug-likeness (QED) is 0.863. The third-order valence-corrected chi connectivity index (χ3v) is 3.74. The molecule has 1 aromatic carbocycles. The van der Waals surface area contributed by atoms with Crippen LogP contribution in [0.15, 0.2) is 18.2 Å². The van der Waals surface area contributed by atoms with Gasteiger partial charge in [-0.25, -0.2) is 4.39 Å². The van der Waals surface area contributed by atoms with Gasteiger partial charge in [0.15, 0.2) is 0 Å². The molecular weight excluding hydrogens is 227 g/mol. The van der Waals surface area contributed by atoms with E-state index < -0.39 is 0 Å². The number of anilines is 1. The van der Waals surface area contributed by atoms with Gasteiger partial charge in [-0.15, -0.1) is 0 Å². The average molecular weight is 250 g/mol. The van der Waals surface area contributed by atoms with E-state index in [-0.39, 0.29) is 5.82 Å². The van der Waals surface area contributed by atoms with Crippen molar-refractivity contribution in [2.45, 2.75) is 32.7 Å². The molecule has 1 aliphatic heterocycles. The second-order valence-corrected chi connectivity index (χ2v) is 5.17. The number of benzene rings is 1. The van der Waals surface area contributed by atoms with E-state index in [1.54, 1.807) is 12.1 Å². The molecule has 1 atom stereocenters. The number of nitrogens with one attached hydrogen (secondary N) is 1. The molecule has 1 N–H and O–H groups in total. The highest BCUT2D eigenvalue weighted by Crippen LogP contribution is 2.31. The second kappa shape index (κ2) is 6.19. The molecule has 1 aromatic rings. The van der Waals surface area contributed by atoms with Crippen LogP contribution in [-0.2, 0) is 6.54 Å². The first-order valence-electron chi connectivity index (χ1n) is 6.93. The Morgan fingerprint density at radius 1 is 1.44 bits per heavy atom. The predicted molar refractivity (Wildman–Crippen MR) is 74.4 cm³/mol. The molecular formula is C15H23FN2. The molecule has 0 aliphatic carbocycles. The van der Waals surface area contributed by atoms with E-state index in [2.05, 4.69) is 17.1 Å². The van der Waals surface area contributed by atoms with Gasteiger partial charge in [0.1, 0.15) is 5.82 Å². The summed E-state index contributed by atoms with van der Waals surface area (Å²) in [5.74, 6) is 0.650. The molecule has 3 heteroatoms. The Bertz CT molecular complexity index is 392. The highest BCUT2D eigenvalue weighted by Gasteiger charge is 2.25. The summed E-state index contributed by atoms with van der Waals surface area (Å²) in [6.45, 7) is 4.94. The lowest BCUT2D eigenvalue weighted by Gasteiger charge is -2.22. The molecule has 0 radical (unpaired) electrons. The van der Waals surface area contributed by atoms with Crippen LogP contribution in [-0.4, -0.2) is 20.1 Å². The first-order valence-corrected chi connectivity index (χ1v) is 6.93. The smallest absolute Gasteiger partial charge is 0.146 e. The van der Waals surface area contributed by atoms with Crippen molar-refractivity contribution in [2.75, 3.05) is 25.0 Å². The van der Waals surface area contributed by atoms with Crippen LogP contribution in [0.25, 0.3) is 0 Å². The predicted octanol–water partition coefficient (Wildman–Crippen LogP) is 3.17. The third-order valence-electron chi connectivity index (χ3n) is 3.74. The Morgan fingerprint density at radius 2 is 2.28 bits per heavy atom. The Balaban J connectivity index is 2.17. The molecule has 18 heavy (non-hydrogen) atoms. The Labute approximate surface area is 109 Å². The number of halogens is 1. The molecule has 0 spiro atoms. The number of hydrogen-bond donors (Lipinski definition) is 1. The summed E-state index contributed by atoms with van der Waals surface area (Å²) >= 11 is 0. The third kappa shape index (κ3) is 2.83. The van der Waals surface area contributed by atoms with Gasteiger partial charge < -0.3 is 10.2 Å². The number of para-hydroxylation sites is 1. The van der Waals surface area contributed by atoms with Crippen molar-refractivity contribution < 1.29 is 4.39 Å². The zero-order valence-corrected chi connectivity index (χ0v) is 11.4. The Morgan fingerprint density at radius 3 is 3.00 bits per heavy atom. The molecule has 1 unspecified atom stereocenters. The summed E-state index contributed by atoms with van der Waals surface area (Å²) in [5, 5.41) is 3.12. The summed E-state index contributed by atoms with van der Waals surface area (Å²) in [5.41, 5.74) is 1.88. The van der Waals surface area contributed by atoms with Gasteiger partial charge >= 0.3 is 0 Å². The SMILES string of the molecule is CCCC1CCN(c2c(F)cccc2CNC)C1. The van der Waals surface area contributed by atoms with E-state index in [1.807, 2.05) is 13.1 Å². The molecule has 2 rings (SSSR count). The first-order chi connectivity index (χ1) is 8.76. The van der Waals surface area contributed by atoms with Crippen LogP contribution in [0.2, 0.25) is 0 Å². The van der Waals surface area contributed by atoms with E-state index in [4.69, 9.17) is 0 Å². The van der Waals surface area contributed by atoms with Gasteiger partial charge in [-0.05, 0) is 37.4 Å². The monoisotopic (exact) mass is 250 g/mol. The lowest BCUT2D eigenvalue weighted by atomic mass is 10.0. The topological polar surface area (TPSA) is 15.3 Å². The van der Waals surface area contributed by atoms with E-state index in [9.17, 15) is 4.39 Å². The van der Waals surface area contributed by atoms with Crippen LogP contribution in [0.5, 0.6) is 0 Å². The number of nitrogens with zero attached hydrogens (tertiary/aromatic N) is 1. The molecule has 1 aliphatic rings. The Hall–Kier alpha value is -1.09. The summed E-state index contributed by atoms with van der Waals surface area (Å²) in [4.78, 5) is 2.22. The maximum absolute atomic E-state index is 14.1. The maximum Gasteiger partial charge on any atom is 0.146 e. The largest absolute Gasteiger partial charge is 0.369 e. The first kappa shape index (κ1) is 13.3. The molecule has 0 bridgehead atoms. The van der Waals surface area contributed by atoms with Crippen molar-refractivity contribution >= 4 is 5.69 Å². The minimum Gasteiger partial charge on any atom is -0.369 e. The van der Waals surface area contributed by atoms with E-state index in [1.165, 1.54) is 19.3 Å². The molecule has 0 aromatic heterocycles. The fourth-order valence-electron chi connectivity index (χ4n) is 2.93. The molecule has 2 nitrogen and oxygen atoms in total. The summed E-state index contributed by atoms with van der Waals surface area (Å²) < 4.78 is 14.1.